The van der Waals surface area contributed by atoms with Crippen molar-refractivity contribution < 1.29 is 14.3 Å². The highest BCUT2D eigenvalue weighted by Crippen LogP contribution is 2.29. The third kappa shape index (κ3) is 1.43. The molecule has 2 heterocycles. The molecule has 0 fully saturated rings. The maximum absolute atomic E-state index is 11.7. The summed E-state index contributed by atoms with van der Waals surface area (Å²) < 4.78 is 5.73. The lowest BCUT2D eigenvalue weighted by atomic mass is 10.2. The number of aromatic carboxylic acids is 1. The fourth-order valence-corrected chi connectivity index (χ4v) is 2.75. The van der Waals surface area contributed by atoms with E-state index >= 15 is 0 Å². The summed E-state index contributed by atoms with van der Waals surface area (Å²) in [7, 11) is 0. The molecular weight excluding hydrogens is 240 g/mol. The number of carbonyl (C=O) groups excluding carboxylic acids is 1. The minimum Gasteiger partial charge on any atom is -0.544 e. The van der Waals surface area contributed by atoms with Gasteiger partial charge in [0.25, 0.3) is 0 Å². The van der Waals surface area contributed by atoms with E-state index in [1.807, 2.05) is 0 Å². The Morgan fingerprint density at radius 1 is 1.24 bits per heavy atom. The van der Waals surface area contributed by atoms with Gasteiger partial charge < -0.3 is 14.3 Å². The van der Waals surface area contributed by atoms with Crippen LogP contribution in [0, 0.1) is 0 Å². The van der Waals surface area contributed by atoms with Crippen molar-refractivity contribution in [2.24, 2.45) is 0 Å². The Hall–Kier alpha value is -2.14. The van der Waals surface area contributed by atoms with E-state index in [-0.39, 0.29) is 10.3 Å². The van der Waals surface area contributed by atoms with Crippen LogP contribution in [0.3, 0.4) is 0 Å². The first-order chi connectivity index (χ1) is 8.16. The van der Waals surface area contributed by atoms with E-state index in [4.69, 9.17) is 4.42 Å². The molecule has 0 radical (unpaired) electrons. The third-order valence-corrected chi connectivity index (χ3v) is 3.64. The zero-order chi connectivity index (χ0) is 12.0. The molecule has 17 heavy (non-hydrogen) atoms. The van der Waals surface area contributed by atoms with E-state index in [9.17, 15) is 14.7 Å². The Morgan fingerprint density at radius 2 is 2.00 bits per heavy atom. The number of carboxylic acid groups (broad SMARTS) is 1. The van der Waals surface area contributed by atoms with Gasteiger partial charge >= 0.3 is 5.63 Å². The Bertz CT molecular complexity index is 797. The lowest BCUT2D eigenvalue weighted by Gasteiger charge is -1.96. The van der Waals surface area contributed by atoms with Gasteiger partial charge in [-0.1, -0.05) is 12.1 Å². The second kappa shape index (κ2) is 3.43. The Labute approximate surface area is 98.7 Å². The number of rotatable bonds is 1. The summed E-state index contributed by atoms with van der Waals surface area (Å²) >= 11 is 1.03. The van der Waals surface area contributed by atoms with E-state index in [0.29, 0.717) is 10.3 Å². The maximum atomic E-state index is 11.7. The predicted molar refractivity (Wildman–Crippen MR) is 62.2 cm³/mol. The monoisotopic (exact) mass is 245 g/mol. The van der Waals surface area contributed by atoms with Crippen molar-refractivity contribution in [3.05, 3.63) is 45.6 Å². The van der Waals surface area contributed by atoms with E-state index in [2.05, 4.69) is 0 Å². The molecule has 0 amide bonds. The first kappa shape index (κ1) is 10.0. The van der Waals surface area contributed by atoms with Crippen LogP contribution in [0.4, 0.5) is 0 Å². The molecule has 0 aliphatic rings. The molecule has 0 atom stereocenters. The summed E-state index contributed by atoms with van der Waals surface area (Å²) in [6.07, 6.45) is 0. The number of thiophene rings is 1. The van der Waals surface area contributed by atoms with Crippen molar-refractivity contribution >= 4 is 38.4 Å². The quantitative estimate of drug-likeness (QED) is 0.607. The molecule has 0 bridgehead atoms. The highest BCUT2D eigenvalue weighted by atomic mass is 32.1. The molecular formula is C12H5O4S-. The van der Waals surface area contributed by atoms with Gasteiger partial charge in [-0.05, 0) is 18.2 Å². The van der Waals surface area contributed by atoms with E-state index in [1.54, 1.807) is 24.3 Å². The fraction of sp³-hybridized carbons (Fsp3) is 0. The number of fused-ring (bicyclic) bond motifs is 3. The molecule has 3 rings (SSSR count). The molecule has 5 heteroatoms. The smallest absolute Gasteiger partial charge is 0.345 e. The van der Waals surface area contributed by atoms with Gasteiger partial charge in [0.15, 0.2) is 0 Å². The van der Waals surface area contributed by atoms with Gasteiger partial charge in [0.2, 0.25) is 0 Å². The van der Waals surface area contributed by atoms with E-state index in [1.165, 1.54) is 6.07 Å². The average Bonchev–Trinajstić information content (AvgIpc) is 2.75. The van der Waals surface area contributed by atoms with Crippen LogP contribution in [0.5, 0.6) is 0 Å². The van der Waals surface area contributed by atoms with Gasteiger partial charge in [-0.3, -0.25) is 0 Å². The van der Waals surface area contributed by atoms with Gasteiger partial charge in [-0.25, -0.2) is 4.79 Å². The molecule has 0 aliphatic heterocycles. The Balaban J connectivity index is 2.56. The van der Waals surface area contributed by atoms with Gasteiger partial charge in [0.05, 0.1) is 20.9 Å². The predicted octanol–water partition coefficient (Wildman–Crippen LogP) is 1.37. The van der Waals surface area contributed by atoms with Crippen LogP contribution in [0.15, 0.2) is 39.5 Å². The van der Waals surface area contributed by atoms with Crippen LogP contribution in [0.25, 0.3) is 21.1 Å². The maximum Gasteiger partial charge on any atom is 0.345 e. The van der Waals surface area contributed by atoms with E-state index < -0.39 is 11.6 Å². The van der Waals surface area contributed by atoms with Crippen molar-refractivity contribution in [3.63, 3.8) is 0 Å². The molecule has 0 aliphatic carbocycles. The first-order valence-corrected chi connectivity index (χ1v) is 5.65. The molecule has 84 valence electrons. The molecule has 0 N–H and O–H groups in total. The van der Waals surface area contributed by atoms with Crippen LogP contribution >= 0.6 is 11.3 Å². The topological polar surface area (TPSA) is 70.3 Å². The number of carboxylic acids is 1. The third-order valence-electron chi connectivity index (χ3n) is 2.49. The second-order valence-corrected chi connectivity index (χ2v) is 4.58. The van der Waals surface area contributed by atoms with Crippen LogP contribution < -0.4 is 10.7 Å². The summed E-state index contributed by atoms with van der Waals surface area (Å²) in [5.74, 6) is -1.28. The second-order valence-electron chi connectivity index (χ2n) is 3.53. The lowest BCUT2D eigenvalue weighted by Crippen LogP contribution is -2.20. The molecule has 0 spiro atoms. The number of benzene rings is 1. The molecule has 0 saturated carbocycles. The lowest BCUT2D eigenvalue weighted by molar-refractivity contribution is -0.254. The number of para-hydroxylation sites is 1. The minimum atomic E-state index is -1.28. The highest BCUT2D eigenvalue weighted by Gasteiger charge is 2.11. The SMILES string of the molecule is O=C([O-])c1cc2c(=O)oc3ccccc3c2s1. The van der Waals surface area contributed by atoms with Gasteiger partial charge in [-0.2, -0.15) is 0 Å². The Kier molecular flexibility index (Phi) is 2.02. The number of hydrogen-bond acceptors (Lipinski definition) is 5. The largest absolute Gasteiger partial charge is 0.544 e. The average molecular weight is 245 g/mol. The zero-order valence-corrected chi connectivity index (χ0v) is 9.24. The van der Waals surface area contributed by atoms with Gasteiger partial charge in [0, 0.05) is 5.39 Å². The van der Waals surface area contributed by atoms with Crippen molar-refractivity contribution in [1.29, 1.82) is 0 Å². The minimum absolute atomic E-state index is 0.0312. The van der Waals surface area contributed by atoms with Crippen LogP contribution in [-0.2, 0) is 0 Å². The normalized spacial score (nSPS) is 11.1. The molecule has 4 nitrogen and oxygen atoms in total. The number of carbonyl (C=O) groups is 1. The highest BCUT2D eigenvalue weighted by molar-refractivity contribution is 7.21. The summed E-state index contributed by atoms with van der Waals surface area (Å²) in [6.45, 7) is 0. The van der Waals surface area contributed by atoms with Crippen molar-refractivity contribution in [1.82, 2.24) is 0 Å². The zero-order valence-electron chi connectivity index (χ0n) is 8.43. The van der Waals surface area contributed by atoms with Crippen LogP contribution in [0.2, 0.25) is 0 Å². The van der Waals surface area contributed by atoms with Gasteiger partial charge in [-0.15, -0.1) is 11.3 Å². The fourth-order valence-electron chi connectivity index (χ4n) is 1.74. The molecule has 0 saturated heterocycles. The summed E-state index contributed by atoms with van der Waals surface area (Å²) in [5.41, 5.74) is -0.0702. The molecule has 1 aromatic carbocycles. The summed E-state index contributed by atoms with van der Waals surface area (Å²) in [4.78, 5) is 22.5. The first-order valence-electron chi connectivity index (χ1n) is 4.83. The number of hydrogen-bond donors (Lipinski definition) is 0. The molecule has 0 unspecified atom stereocenters. The van der Waals surface area contributed by atoms with Gasteiger partial charge in [0.1, 0.15) is 5.58 Å². The standard InChI is InChI=1S/C12H6O4S/c13-11(14)9-5-7-10(17-9)6-3-1-2-4-8(6)16-12(7)15/h1-5H,(H,13,14)/p-1. The van der Waals surface area contributed by atoms with Crippen molar-refractivity contribution in [2.45, 2.75) is 0 Å². The molecule has 2 aromatic heterocycles. The van der Waals surface area contributed by atoms with Crippen LogP contribution in [0.1, 0.15) is 9.67 Å². The molecule has 3 aromatic rings. The van der Waals surface area contributed by atoms with Crippen LogP contribution in [-0.4, -0.2) is 5.97 Å². The summed E-state index contributed by atoms with van der Waals surface area (Å²) in [6, 6.07) is 8.32. The Morgan fingerprint density at radius 3 is 2.76 bits per heavy atom. The van der Waals surface area contributed by atoms with Crippen molar-refractivity contribution in [3.8, 4) is 0 Å². The van der Waals surface area contributed by atoms with Crippen molar-refractivity contribution in [2.75, 3.05) is 0 Å². The van der Waals surface area contributed by atoms with E-state index in [0.717, 1.165) is 16.7 Å². The summed E-state index contributed by atoms with van der Waals surface area (Å²) in [5, 5.41) is 11.8.